The predicted molar refractivity (Wildman–Crippen MR) is 74.8 cm³/mol. The second-order valence-corrected chi connectivity index (χ2v) is 5.84. The highest BCUT2D eigenvalue weighted by molar-refractivity contribution is 5.77. The number of piperidine rings is 1. The van der Waals surface area contributed by atoms with Gasteiger partial charge < -0.3 is 15.8 Å². The van der Waals surface area contributed by atoms with E-state index in [4.69, 9.17) is 10.5 Å². The van der Waals surface area contributed by atoms with Crippen LogP contribution in [0.4, 0.5) is 0 Å². The van der Waals surface area contributed by atoms with Crippen molar-refractivity contribution in [1.29, 1.82) is 0 Å². The molecule has 1 saturated carbocycles. The number of hydrogen-bond acceptors (Lipinski definition) is 4. The fraction of sp³-hybridized carbons (Fsp3) is 0.929. The van der Waals surface area contributed by atoms with Gasteiger partial charge in [-0.25, -0.2) is 0 Å². The van der Waals surface area contributed by atoms with Crippen LogP contribution in [0.1, 0.15) is 32.1 Å². The summed E-state index contributed by atoms with van der Waals surface area (Å²) in [5, 5.41) is 2.95. The van der Waals surface area contributed by atoms with E-state index in [0.717, 1.165) is 58.0 Å². The summed E-state index contributed by atoms with van der Waals surface area (Å²) in [6.07, 6.45) is 5.57. The third-order valence-corrected chi connectivity index (χ3v) is 3.84. The molecular formula is C14H27N3O2. The Bertz CT molecular complexity index is 274. The number of nitrogens with one attached hydrogen (secondary N) is 1. The number of carbonyl (C=O) groups excluding carboxylic acids is 1. The van der Waals surface area contributed by atoms with E-state index in [0.29, 0.717) is 12.6 Å². The monoisotopic (exact) mass is 269 g/mol. The van der Waals surface area contributed by atoms with Crippen LogP contribution >= 0.6 is 0 Å². The molecule has 1 heterocycles. The summed E-state index contributed by atoms with van der Waals surface area (Å²) >= 11 is 0. The van der Waals surface area contributed by atoms with E-state index in [1.807, 2.05) is 0 Å². The lowest BCUT2D eigenvalue weighted by Gasteiger charge is -2.29. The molecule has 0 aromatic heterocycles. The molecule has 5 nitrogen and oxygen atoms in total. The van der Waals surface area contributed by atoms with E-state index >= 15 is 0 Å². The second-order valence-electron chi connectivity index (χ2n) is 5.84. The zero-order chi connectivity index (χ0) is 13.5. The first-order valence-corrected chi connectivity index (χ1v) is 7.56. The molecule has 2 fully saturated rings. The largest absolute Gasteiger partial charge is 0.381 e. The van der Waals surface area contributed by atoms with Gasteiger partial charge in [-0.1, -0.05) is 0 Å². The number of nitrogens with zero attached hydrogens (tertiary/aromatic N) is 1. The van der Waals surface area contributed by atoms with Crippen LogP contribution in [0.15, 0.2) is 0 Å². The van der Waals surface area contributed by atoms with E-state index in [1.165, 1.54) is 12.8 Å². The van der Waals surface area contributed by atoms with Crippen molar-refractivity contribution in [2.24, 2.45) is 11.7 Å². The van der Waals surface area contributed by atoms with E-state index in [1.54, 1.807) is 0 Å². The van der Waals surface area contributed by atoms with Gasteiger partial charge in [-0.05, 0) is 38.0 Å². The Kier molecular flexibility index (Phi) is 6.07. The van der Waals surface area contributed by atoms with Crippen molar-refractivity contribution >= 4 is 5.91 Å². The van der Waals surface area contributed by atoms with Crippen LogP contribution in [-0.4, -0.2) is 56.2 Å². The molecule has 1 aliphatic heterocycles. The Morgan fingerprint density at radius 1 is 1.26 bits per heavy atom. The third-order valence-electron chi connectivity index (χ3n) is 3.84. The first-order valence-electron chi connectivity index (χ1n) is 7.56. The average molecular weight is 269 g/mol. The van der Waals surface area contributed by atoms with Crippen LogP contribution in [0.25, 0.3) is 0 Å². The van der Waals surface area contributed by atoms with Gasteiger partial charge in [-0.3, -0.25) is 9.69 Å². The van der Waals surface area contributed by atoms with E-state index in [2.05, 4.69) is 10.2 Å². The van der Waals surface area contributed by atoms with Gasteiger partial charge >= 0.3 is 0 Å². The van der Waals surface area contributed by atoms with Crippen molar-refractivity contribution in [3.8, 4) is 0 Å². The molecule has 110 valence electrons. The van der Waals surface area contributed by atoms with Crippen molar-refractivity contribution in [3.63, 3.8) is 0 Å². The van der Waals surface area contributed by atoms with Gasteiger partial charge in [0.15, 0.2) is 0 Å². The zero-order valence-electron chi connectivity index (χ0n) is 11.8. The first-order chi connectivity index (χ1) is 9.24. The standard InChI is InChI=1S/C14H27N3O2/c15-13-4-7-17(8-5-13)10-14(18)16-6-1-9-19-11-12-2-3-12/h12-13H,1-11,15H2,(H,16,18). The molecule has 3 N–H and O–H groups in total. The minimum atomic E-state index is 0.123. The van der Waals surface area contributed by atoms with E-state index in [9.17, 15) is 4.79 Å². The summed E-state index contributed by atoms with van der Waals surface area (Å²) in [4.78, 5) is 13.9. The maximum atomic E-state index is 11.7. The Hall–Kier alpha value is -0.650. The molecule has 0 bridgehead atoms. The summed E-state index contributed by atoms with van der Waals surface area (Å²) in [7, 11) is 0. The zero-order valence-corrected chi connectivity index (χ0v) is 11.8. The van der Waals surface area contributed by atoms with Crippen LogP contribution in [0.3, 0.4) is 0 Å². The van der Waals surface area contributed by atoms with Crippen LogP contribution in [-0.2, 0) is 9.53 Å². The van der Waals surface area contributed by atoms with Gasteiger partial charge in [0, 0.05) is 38.9 Å². The minimum absolute atomic E-state index is 0.123. The van der Waals surface area contributed by atoms with Crippen LogP contribution < -0.4 is 11.1 Å². The molecule has 1 saturated heterocycles. The van der Waals surface area contributed by atoms with Crippen molar-refractivity contribution in [2.45, 2.75) is 38.1 Å². The lowest BCUT2D eigenvalue weighted by Crippen LogP contribution is -2.44. The normalized spacial score (nSPS) is 21.5. The maximum absolute atomic E-state index is 11.7. The molecule has 0 unspecified atom stereocenters. The van der Waals surface area contributed by atoms with Crippen molar-refractivity contribution < 1.29 is 9.53 Å². The van der Waals surface area contributed by atoms with Crippen LogP contribution in [0, 0.1) is 5.92 Å². The van der Waals surface area contributed by atoms with E-state index in [-0.39, 0.29) is 5.91 Å². The summed E-state index contributed by atoms with van der Waals surface area (Å²) in [6.45, 7) is 4.78. The average Bonchev–Trinajstić information content (AvgIpc) is 3.20. The Morgan fingerprint density at radius 2 is 2.00 bits per heavy atom. The molecule has 0 aromatic carbocycles. The molecule has 0 atom stereocenters. The lowest BCUT2D eigenvalue weighted by molar-refractivity contribution is -0.122. The van der Waals surface area contributed by atoms with Gasteiger partial charge in [-0.15, -0.1) is 0 Å². The topological polar surface area (TPSA) is 67.6 Å². The summed E-state index contributed by atoms with van der Waals surface area (Å²) in [5.41, 5.74) is 5.84. The van der Waals surface area contributed by atoms with Gasteiger partial charge in [0.25, 0.3) is 0 Å². The molecule has 2 aliphatic rings. The number of hydrogen-bond donors (Lipinski definition) is 2. The number of nitrogens with two attached hydrogens (primary N) is 1. The molecule has 0 aromatic rings. The number of likely N-dealkylation sites (tertiary alicyclic amines) is 1. The first kappa shape index (κ1) is 14.8. The molecular weight excluding hydrogens is 242 g/mol. The SMILES string of the molecule is NC1CCN(CC(=O)NCCCOCC2CC2)CC1. The molecule has 5 heteroatoms. The van der Waals surface area contributed by atoms with Crippen molar-refractivity contribution in [1.82, 2.24) is 10.2 Å². The maximum Gasteiger partial charge on any atom is 0.234 e. The Labute approximate surface area is 115 Å². The van der Waals surface area contributed by atoms with Gasteiger partial charge in [0.2, 0.25) is 5.91 Å². The van der Waals surface area contributed by atoms with Crippen LogP contribution in [0.5, 0.6) is 0 Å². The summed E-state index contributed by atoms with van der Waals surface area (Å²) in [5.74, 6) is 0.942. The number of amides is 1. The second kappa shape index (κ2) is 7.82. The fourth-order valence-electron chi connectivity index (χ4n) is 2.31. The highest BCUT2D eigenvalue weighted by Gasteiger charge is 2.21. The number of ether oxygens (including phenoxy) is 1. The van der Waals surface area contributed by atoms with Crippen molar-refractivity contribution in [2.75, 3.05) is 39.4 Å². The van der Waals surface area contributed by atoms with Crippen molar-refractivity contribution in [3.05, 3.63) is 0 Å². The summed E-state index contributed by atoms with van der Waals surface area (Å²) in [6, 6.07) is 0.322. The Balaban J connectivity index is 1.42. The van der Waals surface area contributed by atoms with Gasteiger partial charge in [0.1, 0.15) is 0 Å². The van der Waals surface area contributed by atoms with Gasteiger partial charge in [0.05, 0.1) is 6.54 Å². The molecule has 1 aliphatic carbocycles. The van der Waals surface area contributed by atoms with Crippen LogP contribution in [0.2, 0.25) is 0 Å². The molecule has 0 radical (unpaired) electrons. The third kappa shape index (κ3) is 6.36. The smallest absolute Gasteiger partial charge is 0.234 e. The molecule has 19 heavy (non-hydrogen) atoms. The predicted octanol–water partition coefficient (Wildman–Crippen LogP) is 0.342. The highest BCUT2D eigenvalue weighted by Crippen LogP contribution is 2.28. The minimum Gasteiger partial charge on any atom is -0.381 e. The van der Waals surface area contributed by atoms with E-state index < -0.39 is 0 Å². The number of carbonyl (C=O) groups is 1. The number of rotatable bonds is 8. The molecule has 0 spiro atoms. The fourth-order valence-corrected chi connectivity index (χ4v) is 2.31. The van der Waals surface area contributed by atoms with Gasteiger partial charge in [-0.2, -0.15) is 0 Å². The Morgan fingerprint density at radius 3 is 2.68 bits per heavy atom. The summed E-state index contributed by atoms with van der Waals surface area (Å²) < 4.78 is 5.53. The molecule has 2 rings (SSSR count). The lowest BCUT2D eigenvalue weighted by atomic mass is 10.1. The quantitative estimate of drug-likeness (QED) is 0.624. The molecule has 1 amide bonds. The highest BCUT2D eigenvalue weighted by atomic mass is 16.5.